The number of aryl methyl sites for hydroxylation is 1. The van der Waals surface area contributed by atoms with E-state index in [1.807, 2.05) is 38.6 Å². The van der Waals surface area contributed by atoms with Crippen molar-refractivity contribution in [3.8, 4) is 22.9 Å². The number of hydrogen-bond donors (Lipinski definition) is 2. The summed E-state index contributed by atoms with van der Waals surface area (Å²) in [4.78, 5) is 24.8. The van der Waals surface area contributed by atoms with Gasteiger partial charge in [-0.1, -0.05) is 51.6 Å². The Bertz CT molecular complexity index is 1870. The Kier molecular flexibility index (Phi) is 25.7. The van der Waals surface area contributed by atoms with Gasteiger partial charge in [0.05, 0.1) is 82.4 Å². The van der Waals surface area contributed by atoms with E-state index in [4.69, 9.17) is 45.1 Å². The molecule has 2 N–H and O–H groups in total. The molecule has 0 spiro atoms. The molecule has 3 heterocycles. The number of aromatic nitrogens is 7. The molecular formula is C40H60KN9O9S2. The molecule has 2 aliphatic carbocycles. The van der Waals surface area contributed by atoms with Crippen LogP contribution in [-0.4, -0.2) is 120 Å². The molecule has 3 atom stereocenters. The van der Waals surface area contributed by atoms with E-state index in [-0.39, 0.29) is 93.4 Å². The van der Waals surface area contributed by atoms with E-state index in [0.717, 1.165) is 37.8 Å². The first kappa shape index (κ1) is 52.8. The first-order valence-corrected chi connectivity index (χ1v) is 22.5. The zero-order valence-corrected chi connectivity index (χ0v) is 41.4. The van der Waals surface area contributed by atoms with Gasteiger partial charge in [-0.2, -0.15) is 0 Å². The average Bonchev–Trinajstić information content (AvgIpc) is 3.67. The number of anilines is 1. The summed E-state index contributed by atoms with van der Waals surface area (Å²) >= 11 is 6.28. The summed E-state index contributed by atoms with van der Waals surface area (Å²) in [7, 11) is 0. The first-order chi connectivity index (χ1) is 29.4. The molecule has 0 bridgehead atoms. The van der Waals surface area contributed by atoms with Crippen molar-refractivity contribution in [1.82, 2.24) is 40.7 Å². The quantitative estimate of drug-likeness (QED) is 0.0474. The number of benzene rings is 1. The van der Waals surface area contributed by atoms with Crippen molar-refractivity contribution in [3.05, 3.63) is 29.6 Å². The summed E-state index contributed by atoms with van der Waals surface area (Å²) in [6.07, 6.45) is 6.38. The molecule has 0 radical (unpaired) electrons. The Morgan fingerprint density at radius 2 is 1.46 bits per heavy atom. The second kappa shape index (κ2) is 29.7. The first-order valence-electron chi connectivity index (χ1n) is 20.9. The van der Waals surface area contributed by atoms with Gasteiger partial charge < -0.3 is 55.8 Å². The number of carbonyl (C=O) groups is 2. The SMILES string of the molecule is CC.CC.CCCOCCNC(=O)OCC1C2CCc3nnn(CCOCCOCCOCCC(=O)Nc4cc(-c5nnc([S-])o5)cc(-c5nnc(SC)o5)c4)c3CCC21.[K+]. The zero-order valence-electron chi connectivity index (χ0n) is 36.6. The van der Waals surface area contributed by atoms with E-state index >= 15 is 0 Å². The molecule has 0 aliphatic heterocycles. The molecule has 4 aromatic rings. The van der Waals surface area contributed by atoms with Crippen molar-refractivity contribution in [2.45, 2.75) is 90.1 Å². The van der Waals surface area contributed by atoms with E-state index < -0.39 is 0 Å². The van der Waals surface area contributed by atoms with Crippen LogP contribution in [-0.2, 0) is 60.5 Å². The van der Waals surface area contributed by atoms with Crippen molar-refractivity contribution in [3.63, 3.8) is 0 Å². The van der Waals surface area contributed by atoms with Crippen molar-refractivity contribution < 1.29 is 93.5 Å². The third-order valence-corrected chi connectivity index (χ3v) is 10.2. The normalized spacial score (nSPS) is 16.2. The van der Waals surface area contributed by atoms with Crippen LogP contribution >= 0.6 is 11.8 Å². The Morgan fingerprint density at radius 3 is 2.11 bits per heavy atom. The van der Waals surface area contributed by atoms with Gasteiger partial charge in [0.1, 0.15) is 0 Å². The summed E-state index contributed by atoms with van der Waals surface area (Å²) in [5, 5.41) is 30.7. The Morgan fingerprint density at radius 1 is 0.820 bits per heavy atom. The molecule has 1 fully saturated rings. The molecule has 3 aromatic heterocycles. The van der Waals surface area contributed by atoms with Crippen LogP contribution in [0, 0.1) is 17.8 Å². The van der Waals surface area contributed by atoms with Gasteiger partial charge in [0.2, 0.25) is 17.7 Å². The maximum Gasteiger partial charge on any atom is 1.00 e. The fourth-order valence-electron chi connectivity index (χ4n) is 6.71. The third kappa shape index (κ3) is 17.5. The Labute approximate surface area is 410 Å². The predicted octanol–water partition coefficient (Wildman–Crippen LogP) is 3.03. The van der Waals surface area contributed by atoms with Gasteiger partial charge in [0.25, 0.3) is 5.22 Å². The van der Waals surface area contributed by atoms with Crippen molar-refractivity contribution in [2.24, 2.45) is 17.8 Å². The van der Waals surface area contributed by atoms with E-state index in [1.165, 1.54) is 17.5 Å². The smallest absolute Gasteiger partial charge is 0.719 e. The predicted molar refractivity (Wildman–Crippen MR) is 226 cm³/mol. The summed E-state index contributed by atoms with van der Waals surface area (Å²) in [5.41, 5.74) is 3.81. The van der Waals surface area contributed by atoms with Gasteiger partial charge in [0.15, 0.2) is 0 Å². The molecule has 2 aliphatic rings. The molecule has 6 rings (SSSR count). The summed E-state index contributed by atoms with van der Waals surface area (Å²) in [6, 6.07) is 5.15. The molecular weight excluding hydrogens is 854 g/mol. The van der Waals surface area contributed by atoms with Crippen LogP contribution in [0.15, 0.2) is 37.5 Å². The number of nitrogens with one attached hydrogen (secondary N) is 2. The second-order valence-corrected chi connectivity index (χ2v) is 14.4. The maximum absolute atomic E-state index is 12.7. The number of thioether (sulfide) groups is 1. The molecule has 21 heteroatoms. The number of rotatable bonds is 23. The molecule has 61 heavy (non-hydrogen) atoms. The topological polar surface area (TPSA) is 213 Å². The molecule has 0 saturated heterocycles. The minimum atomic E-state index is -0.376. The largest absolute Gasteiger partial charge is 1.00 e. The van der Waals surface area contributed by atoms with E-state index in [1.54, 1.807) is 18.2 Å². The maximum atomic E-state index is 12.7. The number of alkyl carbamates (subject to hydrolysis) is 1. The van der Waals surface area contributed by atoms with Crippen LogP contribution in [0.1, 0.15) is 71.7 Å². The van der Waals surface area contributed by atoms with Crippen LogP contribution in [0.2, 0.25) is 0 Å². The van der Waals surface area contributed by atoms with E-state index in [9.17, 15) is 9.59 Å². The molecule has 332 valence electrons. The fourth-order valence-corrected chi connectivity index (χ4v) is 7.11. The van der Waals surface area contributed by atoms with Crippen molar-refractivity contribution >= 4 is 42.1 Å². The number of amides is 2. The summed E-state index contributed by atoms with van der Waals surface area (Å²) < 4.78 is 41.0. The standard InChI is InChI=1S/C36H49N9O9S2.2C2H6.K/c1-3-11-48-13-9-37-34(47)52-22-28-26-4-6-29-30(7-5-27(26)28)45(44-39-29)10-14-50-16-18-51-17-15-49-12-8-31(46)38-25-20-23(32-40-42-35(55)53-32)19-24(21-25)33-41-43-36(54-33)56-2;2*1-2;/h19-21,26-28H,3-18,22H2,1-2H3,(H,37,47)(H,38,46)(H,42,55);2*1-2H3;/q;;;+1/p-1. The number of fused-ring (bicyclic) bond motifs is 2. The van der Waals surface area contributed by atoms with Gasteiger partial charge in [0, 0.05) is 30.0 Å². The van der Waals surface area contributed by atoms with Crippen LogP contribution < -0.4 is 62.0 Å². The zero-order chi connectivity index (χ0) is 43.1. The number of nitrogens with zero attached hydrogens (tertiary/aromatic N) is 7. The van der Waals surface area contributed by atoms with Gasteiger partial charge >= 0.3 is 57.5 Å². The van der Waals surface area contributed by atoms with E-state index in [2.05, 4.69) is 48.3 Å². The second-order valence-electron chi connectivity index (χ2n) is 13.3. The third-order valence-electron chi connectivity index (χ3n) is 9.49. The van der Waals surface area contributed by atoms with Gasteiger partial charge in [-0.15, -0.1) is 25.5 Å². The van der Waals surface area contributed by atoms with Gasteiger partial charge in [-0.3, -0.25) is 4.79 Å². The summed E-state index contributed by atoms with van der Waals surface area (Å²) in [5.74, 6) is 1.76. The van der Waals surface area contributed by atoms with Crippen LogP contribution in [0.3, 0.4) is 0 Å². The Hall–Kier alpha value is -2.57. The fraction of sp³-hybridized carbons (Fsp3) is 0.650. The van der Waals surface area contributed by atoms with Gasteiger partial charge in [-0.25, -0.2) is 9.48 Å². The molecule has 1 aromatic carbocycles. The number of ether oxygens (including phenoxy) is 5. The van der Waals surface area contributed by atoms with Crippen molar-refractivity contribution in [2.75, 3.05) is 77.6 Å². The van der Waals surface area contributed by atoms with Crippen LogP contribution in [0.4, 0.5) is 10.5 Å². The Balaban J connectivity index is 0.00000193. The minimum Gasteiger partial charge on any atom is -0.719 e. The van der Waals surface area contributed by atoms with Crippen LogP contribution in [0.5, 0.6) is 0 Å². The van der Waals surface area contributed by atoms with Gasteiger partial charge in [-0.05, 0) is 74.3 Å². The van der Waals surface area contributed by atoms with Crippen molar-refractivity contribution in [1.29, 1.82) is 0 Å². The minimum absolute atomic E-state index is 0. The number of hydrogen-bond acceptors (Lipinski definition) is 17. The molecule has 18 nitrogen and oxygen atoms in total. The summed E-state index contributed by atoms with van der Waals surface area (Å²) in [6.45, 7) is 15.0. The molecule has 1 saturated carbocycles. The monoisotopic (exact) mass is 913 g/mol. The molecule has 2 amide bonds. The van der Waals surface area contributed by atoms with Crippen LogP contribution in [0.25, 0.3) is 22.9 Å². The average molecular weight is 914 g/mol. The van der Waals surface area contributed by atoms with E-state index in [0.29, 0.717) is 106 Å². The molecule has 3 unspecified atom stereocenters. The number of carbonyl (C=O) groups excluding carboxylic acids is 2.